The number of hydrogen-bond donors (Lipinski definition) is 1. The molecule has 1 atom stereocenters. The maximum Gasteiger partial charge on any atom is 0.330 e. The minimum absolute atomic E-state index is 0.0298. The van der Waals surface area contributed by atoms with Gasteiger partial charge >= 0.3 is 17.9 Å². The molecule has 0 fully saturated rings. The van der Waals surface area contributed by atoms with Crippen LogP contribution in [0.1, 0.15) is 26.7 Å². The molecule has 2 N–H and O–H groups in total. The van der Waals surface area contributed by atoms with Crippen LogP contribution in [0, 0.1) is 0 Å². The molecule has 0 aromatic heterocycles. The van der Waals surface area contributed by atoms with E-state index >= 15 is 0 Å². The minimum atomic E-state index is -0.974. The van der Waals surface area contributed by atoms with Crippen molar-refractivity contribution in [3.05, 3.63) is 0 Å². The quantitative estimate of drug-likeness (QED) is 0.503. The Hall–Kier alpha value is -1.43. The summed E-state index contributed by atoms with van der Waals surface area (Å²) >= 11 is 0. The smallest absolute Gasteiger partial charge is 0.330 e. The van der Waals surface area contributed by atoms with Gasteiger partial charge in [0, 0.05) is 13.3 Å². The molecule has 0 aliphatic heterocycles. The summed E-state index contributed by atoms with van der Waals surface area (Å²) in [6.07, 6.45) is 0.132. The zero-order chi connectivity index (χ0) is 11.8. The first-order valence-corrected chi connectivity index (χ1v) is 4.60. The van der Waals surface area contributed by atoms with Crippen LogP contribution in [-0.2, 0) is 23.9 Å². The van der Waals surface area contributed by atoms with Crippen molar-refractivity contribution < 1.29 is 23.9 Å². The van der Waals surface area contributed by atoms with Gasteiger partial charge in [-0.15, -0.1) is 0 Å². The van der Waals surface area contributed by atoms with Crippen molar-refractivity contribution in [3.63, 3.8) is 0 Å². The monoisotopic (exact) mass is 217 g/mol. The van der Waals surface area contributed by atoms with Crippen molar-refractivity contribution in [2.75, 3.05) is 6.61 Å². The second kappa shape index (κ2) is 6.94. The Morgan fingerprint density at radius 3 is 2.40 bits per heavy atom. The van der Waals surface area contributed by atoms with Crippen LogP contribution in [0.25, 0.3) is 0 Å². The zero-order valence-electron chi connectivity index (χ0n) is 8.82. The Morgan fingerprint density at radius 1 is 1.33 bits per heavy atom. The number of hydrogen-bond acceptors (Lipinski definition) is 6. The first-order valence-electron chi connectivity index (χ1n) is 4.60. The Labute approximate surface area is 87.7 Å². The lowest BCUT2D eigenvalue weighted by Crippen LogP contribution is -2.33. The predicted octanol–water partition coefficient (Wildman–Crippen LogP) is -0.253. The lowest BCUT2D eigenvalue weighted by Gasteiger charge is -2.08. The Morgan fingerprint density at radius 2 is 1.93 bits per heavy atom. The molecule has 0 amide bonds. The molecule has 0 aliphatic rings. The standard InChI is InChI=1S/C9H15NO5/c1-3-14-8(12)5-4-7(10)9(13)15-6(2)11/h7H,3-5,10H2,1-2H3/t7-/m0/s1. The highest BCUT2D eigenvalue weighted by Crippen LogP contribution is 1.99. The number of carbonyl (C=O) groups is 3. The lowest BCUT2D eigenvalue weighted by molar-refractivity contribution is -0.159. The number of nitrogens with two attached hydrogens (primary N) is 1. The van der Waals surface area contributed by atoms with Crippen LogP contribution < -0.4 is 5.73 Å². The van der Waals surface area contributed by atoms with E-state index in [0.717, 1.165) is 6.92 Å². The summed E-state index contributed by atoms with van der Waals surface area (Å²) in [5, 5.41) is 0. The minimum Gasteiger partial charge on any atom is -0.466 e. The van der Waals surface area contributed by atoms with E-state index in [1.54, 1.807) is 6.92 Å². The molecule has 6 heteroatoms. The predicted molar refractivity (Wildman–Crippen MR) is 50.6 cm³/mol. The van der Waals surface area contributed by atoms with Gasteiger partial charge in [0.2, 0.25) is 0 Å². The second-order valence-corrected chi connectivity index (χ2v) is 2.86. The van der Waals surface area contributed by atoms with Crippen molar-refractivity contribution in [1.29, 1.82) is 0 Å². The lowest BCUT2D eigenvalue weighted by atomic mass is 10.2. The van der Waals surface area contributed by atoms with Crippen molar-refractivity contribution in [1.82, 2.24) is 0 Å². The van der Waals surface area contributed by atoms with Crippen LogP contribution in [0.4, 0.5) is 0 Å². The summed E-state index contributed by atoms with van der Waals surface area (Å²) in [6, 6.07) is -0.974. The third kappa shape index (κ3) is 6.62. The average Bonchev–Trinajstić information content (AvgIpc) is 2.13. The molecule has 0 aromatic rings. The fourth-order valence-corrected chi connectivity index (χ4v) is 0.842. The molecule has 0 unspecified atom stereocenters. The largest absolute Gasteiger partial charge is 0.466 e. The molecule has 0 rings (SSSR count). The molecule has 0 bridgehead atoms. The topological polar surface area (TPSA) is 95.7 Å². The zero-order valence-corrected chi connectivity index (χ0v) is 8.82. The van der Waals surface area contributed by atoms with E-state index in [4.69, 9.17) is 5.73 Å². The molecule has 6 nitrogen and oxygen atoms in total. The van der Waals surface area contributed by atoms with E-state index < -0.39 is 23.9 Å². The molecule has 86 valence electrons. The highest BCUT2D eigenvalue weighted by atomic mass is 16.6. The maximum atomic E-state index is 11.0. The number of ether oxygens (including phenoxy) is 2. The van der Waals surface area contributed by atoms with Crippen LogP contribution in [0.15, 0.2) is 0 Å². The molecule has 0 spiro atoms. The molecule has 0 aromatic carbocycles. The molecule has 0 saturated carbocycles. The van der Waals surface area contributed by atoms with Gasteiger partial charge in [0.15, 0.2) is 0 Å². The van der Waals surface area contributed by atoms with Crippen molar-refractivity contribution in [2.24, 2.45) is 5.73 Å². The first kappa shape index (κ1) is 13.6. The average molecular weight is 217 g/mol. The van der Waals surface area contributed by atoms with Crippen LogP contribution in [0.2, 0.25) is 0 Å². The SMILES string of the molecule is CCOC(=O)CC[C@H](N)C(=O)OC(C)=O. The molecule has 0 saturated heterocycles. The van der Waals surface area contributed by atoms with Gasteiger partial charge in [-0.1, -0.05) is 0 Å². The molecule has 0 heterocycles. The van der Waals surface area contributed by atoms with Gasteiger partial charge in [-0.25, -0.2) is 4.79 Å². The van der Waals surface area contributed by atoms with E-state index in [0.29, 0.717) is 0 Å². The van der Waals surface area contributed by atoms with Crippen LogP contribution >= 0.6 is 0 Å². The van der Waals surface area contributed by atoms with Gasteiger partial charge in [0.25, 0.3) is 0 Å². The van der Waals surface area contributed by atoms with Gasteiger partial charge < -0.3 is 15.2 Å². The number of rotatable bonds is 5. The fourth-order valence-electron chi connectivity index (χ4n) is 0.842. The molecular formula is C9H15NO5. The van der Waals surface area contributed by atoms with Crippen molar-refractivity contribution >= 4 is 17.9 Å². The van der Waals surface area contributed by atoms with E-state index in [9.17, 15) is 14.4 Å². The first-order chi connectivity index (χ1) is 6.97. The van der Waals surface area contributed by atoms with E-state index in [2.05, 4.69) is 9.47 Å². The molecule has 0 radical (unpaired) electrons. The van der Waals surface area contributed by atoms with Crippen LogP contribution in [0.3, 0.4) is 0 Å². The van der Waals surface area contributed by atoms with Gasteiger partial charge in [0.05, 0.1) is 6.61 Å². The van der Waals surface area contributed by atoms with Gasteiger partial charge in [-0.3, -0.25) is 9.59 Å². The van der Waals surface area contributed by atoms with Crippen molar-refractivity contribution in [3.8, 4) is 0 Å². The van der Waals surface area contributed by atoms with E-state index in [1.165, 1.54) is 0 Å². The summed E-state index contributed by atoms with van der Waals surface area (Å²) in [5.41, 5.74) is 5.38. The molecule has 15 heavy (non-hydrogen) atoms. The summed E-state index contributed by atoms with van der Waals surface area (Å²) < 4.78 is 8.89. The highest BCUT2D eigenvalue weighted by Gasteiger charge is 2.18. The Bertz CT molecular complexity index is 251. The molecule has 0 aliphatic carbocycles. The summed E-state index contributed by atoms with van der Waals surface area (Å²) in [7, 11) is 0. The van der Waals surface area contributed by atoms with Gasteiger partial charge in [-0.05, 0) is 13.3 Å². The fraction of sp³-hybridized carbons (Fsp3) is 0.667. The summed E-state index contributed by atoms with van der Waals surface area (Å²) in [5.74, 6) is -1.97. The van der Waals surface area contributed by atoms with Crippen LogP contribution in [0.5, 0.6) is 0 Å². The summed E-state index contributed by atoms with van der Waals surface area (Å²) in [4.78, 5) is 32.3. The van der Waals surface area contributed by atoms with E-state index in [1.807, 2.05) is 0 Å². The second-order valence-electron chi connectivity index (χ2n) is 2.86. The van der Waals surface area contributed by atoms with E-state index in [-0.39, 0.29) is 19.4 Å². The Balaban J connectivity index is 3.82. The van der Waals surface area contributed by atoms with Crippen LogP contribution in [-0.4, -0.2) is 30.6 Å². The Kier molecular flexibility index (Phi) is 6.28. The number of carbonyl (C=O) groups excluding carboxylic acids is 3. The number of esters is 3. The summed E-state index contributed by atoms with van der Waals surface area (Å²) in [6.45, 7) is 3.07. The van der Waals surface area contributed by atoms with Gasteiger partial charge in [-0.2, -0.15) is 0 Å². The van der Waals surface area contributed by atoms with Crippen molar-refractivity contribution in [2.45, 2.75) is 32.7 Å². The molecular weight excluding hydrogens is 202 g/mol. The van der Waals surface area contributed by atoms with Gasteiger partial charge in [0.1, 0.15) is 6.04 Å². The maximum absolute atomic E-state index is 11.0. The highest BCUT2D eigenvalue weighted by molar-refractivity contribution is 5.87. The third-order valence-corrected chi connectivity index (χ3v) is 1.51. The third-order valence-electron chi connectivity index (χ3n) is 1.51. The normalized spacial score (nSPS) is 11.7.